The Morgan fingerprint density at radius 3 is 2.23 bits per heavy atom. The number of sulfonamides is 2. The van der Waals surface area contributed by atoms with Crippen LogP contribution < -0.4 is 9.03 Å². The lowest BCUT2D eigenvalue weighted by Crippen LogP contribution is -2.37. The summed E-state index contributed by atoms with van der Waals surface area (Å²) in [7, 11) is -6.96. The number of anilines is 2. The van der Waals surface area contributed by atoms with E-state index in [1.807, 2.05) is 6.92 Å². The van der Waals surface area contributed by atoms with Crippen molar-refractivity contribution in [2.75, 3.05) is 21.3 Å². The number of rotatable bonds is 5. The molecule has 2 aromatic rings. The first-order valence-corrected chi connectivity index (χ1v) is 11.6. The van der Waals surface area contributed by atoms with Gasteiger partial charge in [0, 0.05) is 12.2 Å². The lowest BCUT2D eigenvalue weighted by molar-refractivity contribution is 0.574. The van der Waals surface area contributed by atoms with Gasteiger partial charge in [0.2, 0.25) is 10.0 Å². The monoisotopic (exact) mass is 394 g/mol. The zero-order chi connectivity index (χ0) is 18.8. The molecule has 0 spiro atoms. The molecule has 0 radical (unpaired) electrons. The lowest BCUT2D eigenvalue weighted by atomic mass is 10.2. The first-order valence-electron chi connectivity index (χ1n) is 8.54. The predicted octanol–water partition coefficient (Wildman–Crippen LogP) is 2.98. The molecule has 2 aromatic carbocycles. The van der Waals surface area contributed by atoms with Crippen LogP contribution in [0, 0.1) is 0 Å². The van der Waals surface area contributed by atoms with E-state index in [4.69, 9.17) is 0 Å². The fraction of sp³-hybridized carbons (Fsp3) is 0.333. The zero-order valence-corrected chi connectivity index (χ0v) is 16.2. The summed E-state index contributed by atoms with van der Waals surface area (Å²) in [5.41, 5.74) is 2.01. The molecule has 26 heavy (non-hydrogen) atoms. The minimum Gasteiger partial charge on any atom is -0.280 e. The molecule has 0 aliphatic carbocycles. The molecule has 0 atom stereocenters. The SMILES string of the molecule is CCc1ccc(S(=O)(=O)Nc2ccc(N3CCCCS3(=O)=O)cc2)cc1. The molecule has 8 heteroatoms. The largest absolute Gasteiger partial charge is 0.280 e. The van der Waals surface area contributed by atoms with Gasteiger partial charge in [0.05, 0.1) is 16.3 Å². The van der Waals surface area contributed by atoms with E-state index in [0.29, 0.717) is 24.3 Å². The number of aryl methyl sites for hydroxylation is 1. The molecule has 6 nitrogen and oxygen atoms in total. The Morgan fingerprint density at radius 2 is 1.65 bits per heavy atom. The molecule has 1 N–H and O–H groups in total. The molecule has 1 fully saturated rings. The van der Waals surface area contributed by atoms with Crippen molar-refractivity contribution in [2.45, 2.75) is 31.1 Å². The second-order valence-electron chi connectivity index (χ2n) is 6.25. The fourth-order valence-electron chi connectivity index (χ4n) is 2.89. The Kier molecular flexibility index (Phi) is 5.24. The van der Waals surface area contributed by atoms with Crippen LogP contribution in [0.4, 0.5) is 11.4 Å². The molecule has 1 saturated heterocycles. The number of nitrogens with one attached hydrogen (secondary N) is 1. The number of hydrogen-bond acceptors (Lipinski definition) is 4. The van der Waals surface area contributed by atoms with E-state index < -0.39 is 20.0 Å². The smallest absolute Gasteiger partial charge is 0.261 e. The van der Waals surface area contributed by atoms with E-state index in [1.54, 1.807) is 48.5 Å². The van der Waals surface area contributed by atoms with E-state index in [2.05, 4.69) is 4.72 Å². The van der Waals surface area contributed by atoms with Crippen molar-refractivity contribution in [3.63, 3.8) is 0 Å². The molecular formula is C18H22N2O4S2. The fourth-order valence-corrected chi connectivity index (χ4v) is 5.59. The summed E-state index contributed by atoms with van der Waals surface area (Å²) in [6.45, 7) is 2.46. The van der Waals surface area contributed by atoms with E-state index in [0.717, 1.165) is 18.4 Å². The number of nitrogens with zero attached hydrogens (tertiary/aromatic N) is 1. The topological polar surface area (TPSA) is 83.6 Å². The normalized spacial score (nSPS) is 17.0. The maximum atomic E-state index is 12.5. The summed E-state index contributed by atoms with van der Waals surface area (Å²) in [6.07, 6.45) is 2.34. The van der Waals surface area contributed by atoms with Gasteiger partial charge >= 0.3 is 0 Å². The van der Waals surface area contributed by atoms with Gasteiger partial charge in [-0.15, -0.1) is 0 Å². The van der Waals surface area contributed by atoms with Crippen molar-refractivity contribution in [2.24, 2.45) is 0 Å². The predicted molar refractivity (Wildman–Crippen MR) is 103 cm³/mol. The average molecular weight is 395 g/mol. The molecule has 0 unspecified atom stereocenters. The second kappa shape index (κ2) is 7.28. The molecule has 140 valence electrons. The summed E-state index contributed by atoms with van der Waals surface area (Å²) in [5, 5.41) is 0. The van der Waals surface area contributed by atoms with E-state index >= 15 is 0 Å². The number of hydrogen-bond donors (Lipinski definition) is 1. The minimum atomic E-state index is -3.68. The third-order valence-electron chi connectivity index (χ3n) is 4.40. The van der Waals surface area contributed by atoms with Crippen LogP contribution in [0.5, 0.6) is 0 Å². The minimum absolute atomic E-state index is 0.148. The van der Waals surface area contributed by atoms with Gasteiger partial charge in [-0.25, -0.2) is 16.8 Å². The van der Waals surface area contributed by atoms with Crippen LogP contribution in [-0.2, 0) is 26.5 Å². The third kappa shape index (κ3) is 4.02. The van der Waals surface area contributed by atoms with Gasteiger partial charge in [0.25, 0.3) is 10.0 Å². The Hall–Kier alpha value is -2.06. The van der Waals surface area contributed by atoms with E-state index in [1.165, 1.54) is 4.31 Å². The molecule has 1 aliphatic rings. The van der Waals surface area contributed by atoms with Gasteiger partial charge in [-0.3, -0.25) is 9.03 Å². The molecule has 1 heterocycles. The molecule has 0 amide bonds. The summed E-state index contributed by atoms with van der Waals surface area (Å²) in [4.78, 5) is 0.192. The maximum absolute atomic E-state index is 12.5. The van der Waals surface area contributed by atoms with Crippen LogP contribution >= 0.6 is 0 Å². The first-order chi connectivity index (χ1) is 12.3. The van der Waals surface area contributed by atoms with E-state index in [-0.39, 0.29) is 10.6 Å². The zero-order valence-electron chi connectivity index (χ0n) is 14.6. The molecule has 3 rings (SSSR count). The summed E-state index contributed by atoms with van der Waals surface area (Å²) in [6, 6.07) is 13.2. The molecule has 1 aliphatic heterocycles. The molecule has 0 aromatic heterocycles. The van der Waals surface area contributed by atoms with Crippen LogP contribution in [0.3, 0.4) is 0 Å². The quantitative estimate of drug-likeness (QED) is 0.845. The van der Waals surface area contributed by atoms with Crippen LogP contribution in [0.25, 0.3) is 0 Å². The van der Waals surface area contributed by atoms with E-state index in [9.17, 15) is 16.8 Å². The molecule has 0 saturated carbocycles. The van der Waals surface area contributed by atoms with Gasteiger partial charge < -0.3 is 0 Å². The summed E-state index contributed by atoms with van der Waals surface area (Å²) in [5.74, 6) is 0.148. The summed E-state index contributed by atoms with van der Waals surface area (Å²) >= 11 is 0. The van der Waals surface area contributed by atoms with Crippen molar-refractivity contribution in [1.29, 1.82) is 0 Å². The highest BCUT2D eigenvalue weighted by Gasteiger charge is 2.26. The van der Waals surface area contributed by atoms with Gasteiger partial charge in [0.1, 0.15) is 0 Å². The molecular weight excluding hydrogens is 372 g/mol. The Bertz CT molecular complexity index is 967. The van der Waals surface area contributed by atoms with Crippen LogP contribution in [-0.4, -0.2) is 29.1 Å². The molecule has 0 bridgehead atoms. The Labute approximate surface area is 155 Å². The number of benzene rings is 2. The van der Waals surface area contributed by atoms with Gasteiger partial charge in [0.15, 0.2) is 0 Å². The Balaban J connectivity index is 1.78. The van der Waals surface area contributed by atoms with Crippen molar-refractivity contribution in [3.8, 4) is 0 Å². The van der Waals surface area contributed by atoms with Crippen molar-refractivity contribution < 1.29 is 16.8 Å². The highest BCUT2D eigenvalue weighted by atomic mass is 32.2. The maximum Gasteiger partial charge on any atom is 0.261 e. The van der Waals surface area contributed by atoms with Gasteiger partial charge in [-0.05, 0) is 61.2 Å². The van der Waals surface area contributed by atoms with Crippen molar-refractivity contribution in [3.05, 3.63) is 54.1 Å². The van der Waals surface area contributed by atoms with Crippen LogP contribution in [0.2, 0.25) is 0 Å². The Morgan fingerprint density at radius 1 is 1.00 bits per heavy atom. The first kappa shape index (κ1) is 18.7. The average Bonchev–Trinajstić information content (AvgIpc) is 2.62. The lowest BCUT2D eigenvalue weighted by Gasteiger charge is -2.28. The van der Waals surface area contributed by atoms with Crippen LogP contribution in [0.1, 0.15) is 25.3 Å². The third-order valence-corrected chi connectivity index (χ3v) is 7.67. The van der Waals surface area contributed by atoms with Crippen LogP contribution in [0.15, 0.2) is 53.4 Å². The second-order valence-corrected chi connectivity index (χ2v) is 9.94. The summed E-state index contributed by atoms with van der Waals surface area (Å²) < 4.78 is 53.2. The van der Waals surface area contributed by atoms with Gasteiger partial charge in [-0.2, -0.15) is 0 Å². The highest BCUT2D eigenvalue weighted by molar-refractivity contribution is 7.93. The van der Waals surface area contributed by atoms with Gasteiger partial charge in [-0.1, -0.05) is 19.1 Å². The van der Waals surface area contributed by atoms with Crippen molar-refractivity contribution in [1.82, 2.24) is 0 Å². The highest BCUT2D eigenvalue weighted by Crippen LogP contribution is 2.26. The standard InChI is InChI=1S/C18H22N2O4S2/c1-2-15-5-11-18(12-6-15)26(23,24)19-16-7-9-17(10-8-16)20-13-3-4-14-25(20,21)22/h5-12,19H,2-4,13-14H2,1H3. The van der Waals surface area contributed by atoms with Crippen molar-refractivity contribution >= 4 is 31.4 Å².